The van der Waals surface area contributed by atoms with E-state index in [1.54, 1.807) is 4.90 Å². The number of halogens is 3. The van der Waals surface area contributed by atoms with E-state index in [9.17, 15) is 13.2 Å². The van der Waals surface area contributed by atoms with Crippen LogP contribution in [0.1, 0.15) is 18.4 Å². The number of alkyl halides is 3. The van der Waals surface area contributed by atoms with Gasteiger partial charge in [-0.3, -0.25) is 0 Å². The Kier molecular flexibility index (Phi) is 5.05. The Hall–Kier alpha value is -1.07. The third kappa shape index (κ3) is 4.49. The zero-order valence-corrected chi connectivity index (χ0v) is 11.3. The van der Waals surface area contributed by atoms with Gasteiger partial charge in [0.1, 0.15) is 0 Å². The molecule has 1 aromatic carbocycles. The van der Waals surface area contributed by atoms with E-state index in [4.69, 9.17) is 5.11 Å². The number of rotatable bonds is 4. The normalized spacial score (nSPS) is 22.7. The average molecular weight is 287 g/mol. The average Bonchev–Trinajstić information content (AvgIpc) is 2.39. The summed E-state index contributed by atoms with van der Waals surface area (Å²) in [7, 11) is 0. The SMILES string of the molecule is OC(CN1CCCC(Cc2ccccc2)C1)C(F)(F)F. The molecule has 2 atom stereocenters. The highest BCUT2D eigenvalue weighted by Gasteiger charge is 2.39. The van der Waals surface area contributed by atoms with Crippen LogP contribution in [0.2, 0.25) is 0 Å². The molecule has 1 N–H and O–H groups in total. The highest BCUT2D eigenvalue weighted by molar-refractivity contribution is 5.15. The van der Waals surface area contributed by atoms with Crippen molar-refractivity contribution in [1.82, 2.24) is 4.90 Å². The van der Waals surface area contributed by atoms with Gasteiger partial charge in [-0.1, -0.05) is 30.3 Å². The van der Waals surface area contributed by atoms with Crippen molar-refractivity contribution < 1.29 is 18.3 Å². The Morgan fingerprint density at radius 3 is 2.60 bits per heavy atom. The van der Waals surface area contributed by atoms with E-state index < -0.39 is 12.3 Å². The number of aliphatic hydroxyl groups excluding tert-OH is 1. The molecule has 0 aliphatic carbocycles. The molecular formula is C15H20F3NO. The van der Waals surface area contributed by atoms with Crippen molar-refractivity contribution in [2.24, 2.45) is 5.92 Å². The van der Waals surface area contributed by atoms with E-state index in [0.717, 1.165) is 19.3 Å². The van der Waals surface area contributed by atoms with E-state index in [0.29, 0.717) is 19.0 Å². The molecule has 0 bridgehead atoms. The minimum absolute atomic E-state index is 0.311. The molecule has 1 fully saturated rings. The number of likely N-dealkylation sites (tertiary alicyclic amines) is 1. The summed E-state index contributed by atoms with van der Waals surface area (Å²) in [6.07, 6.45) is -3.94. The number of β-amino-alcohol motifs (C(OH)–C–C–N with tert-alkyl or cyclic N) is 1. The maximum absolute atomic E-state index is 12.4. The van der Waals surface area contributed by atoms with E-state index in [-0.39, 0.29) is 6.54 Å². The van der Waals surface area contributed by atoms with Gasteiger partial charge < -0.3 is 10.0 Å². The third-order valence-corrected chi connectivity index (χ3v) is 3.78. The van der Waals surface area contributed by atoms with Crippen molar-refractivity contribution in [2.45, 2.75) is 31.5 Å². The van der Waals surface area contributed by atoms with Gasteiger partial charge >= 0.3 is 6.18 Å². The predicted octanol–water partition coefficient (Wildman–Crippen LogP) is 2.86. The molecule has 2 nitrogen and oxygen atoms in total. The van der Waals surface area contributed by atoms with Crippen LogP contribution in [0.4, 0.5) is 13.2 Å². The van der Waals surface area contributed by atoms with Crippen LogP contribution >= 0.6 is 0 Å². The Balaban J connectivity index is 1.86. The number of hydrogen-bond acceptors (Lipinski definition) is 2. The second kappa shape index (κ2) is 6.59. The van der Waals surface area contributed by atoms with Gasteiger partial charge in [-0.2, -0.15) is 13.2 Å². The summed E-state index contributed by atoms with van der Waals surface area (Å²) < 4.78 is 37.1. The standard InChI is InChI=1S/C15H20F3NO/c16-15(17,18)14(20)11-19-8-4-7-13(10-19)9-12-5-2-1-3-6-12/h1-3,5-6,13-14,20H,4,7-11H2. The monoisotopic (exact) mass is 287 g/mol. The largest absolute Gasteiger partial charge is 0.415 e. The second-order valence-electron chi connectivity index (χ2n) is 5.51. The number of benzene rings is 1. The first-order valence-corrected chi connectivity index (χ1v) is 6.96. The quantitative estimate of drug-likeness (QED) is 0.920. The van der Waals surface area contributed by atoms with Crippen molar-refractivity contribution in [3.05, 3.63) is 35.9 Å². The van der Waals surface area contributed by atoms with Crippen molar-refractivity contribution in [2.75, 3.05) is 19.6 Å². The van der Waals surface area contributed by atoms with E-state index in [1.807, 2.05) is 30.3 Å². The molecule has 5 heteroatoms. The van der Waals surface area contributed by atoms with Gasteiger partial charge in [0.2, 0.25) is 0 Å². The van der Waals surface area contributed by atoms with Crippen LogP contribution in [0, 0.1) is 5.92 Å². The Morgan fingerprint density at radius 1 is 1.25 bits per heavy atom. The lowest BCUT2D eigenvalue weighted by Gasteiger charge is -2.34. The molecule has 1 aliphatic heterocycles. The molecule has 1 aromatic rings. The highest BCUT2D eigenvalue weighted by atomic mass is 19.4. The molecule has 112 valence electrons. The summed E-state index contributed by atoms with van der Waals surface area (Å²) in [4.78, 5) is 1.73. The fourth-order valence-electron chi connectivity index (χ4n) is 2.78. The van der Waals surface area contributed by atoms with Crippen LogP contribution < -0.4 is 0 Å². The topological polar surface area (TPSA) is 23.5 Å². The maximum atomic E-state index is 12.4. The lowest BCUT2D eigenvalue weighted by molar-refractivity contribution is -0.209. The summed E-state index contributed by atoms with van der Waals surface area (Å²) in [6.45, 7) is 0.954. The second-order valence-corrected chi connectivity index (χ2v) is 5.51. The molecule has 0 aromatic heterocycles. The van der Waals surface area contributed by atoms with Crippen molar-refractivity contribution in [1.29, 1.82) is 0 Å². The van der Waals surface area contributed by atoms with Gasteiger partial charge in [-0.25, -0.2) is 0 Å². The van der Waals surface area contributed by atoms with Crippen LogP contribution in [0.25, 0.3) is 0 Å². The lowest BCUT2D eigenvalue weighted by Crippen LogP contribution is -2.45. The van der Waals surface area contributed by atoms with Gasteiger partial charge in [0.25, 0.3) is 0 Å². The fourth-order valence-corrected chi connectivity index (χ4v) is 2.78. The van der Waals surface area contributed by atoms with Gasteiger partial charge in [-0.15, -0.1) is 0 Å². The molecular weight excluding hydrogens is 267 g/mol. The highest BCUT2D eigenvalue weighted by Crippen LogP contribution is 2.24. The fraction of sp³-hybridized carbons (Fsp3) is 0.600. The van der Waals surface area contributed by atoms with Gasteiger partial charge in [0.15, 0.2) is 6.10 Å². The van der Waals surface area contributed by atoms with E-state index in [1.165, 1.54) is 5.56 Å². The van der Waals surface area contributed by atoms with Gasteiger partial charge in [-0.05, 0) is 37.3 Å². The molecule has 1 aliphatic rings. The smallest absolute Gasteiger partial charge is 0.382 e. The first kappa shape index (κ1) is 15.3. The number of hydrogen-bond donors (Lipinski definition) is 1. The minimum atomic E-state index is -4.52. The number of piperidine rings is 1. The summed E-state index contributed by atoms with van der Waals surface area (Å²) in [5.74, 6) is 0.367. The van der Waals surface area contributed by atoms with Gasteiger partial charge in [0, 0.05) is 13.1 Å². The minimum Gasteiger partial charge on any atom is -0.382 e. The first-order valence-electron chi connectivity index (χ1n) is 6.96. The van der Waals surface area contributed by atoms with Crippen molar-refractivity contribution in [3.8, 4) is 0 Å². The number of aliphatic hydroxyl groups is 1. The molecule has 2 unspecified atom stereocenters. The Labute approximate surface area is 117 Å². The summed E-state index contributed by atoms with van der Waals surface area (Å²) >= 11 is 0. The van der Waals surface area contributed by atoms with Crippen LogP contribution in [0.3, 0.4) is 0 Å². The summed E-state index contributed by atoms with van der Waals surface area (Å²) in [6, 6.07) is 10.00. The molecule has 0 radical (unpaired) electrons. The van der Waals surface area contributed by atoms with Gasteiger partial charge in [0.05, 0.1) is 0 Å². The molecule has 0 saturated carbocycles. The maximum Gasteiger partial charge on any atom is 0.415 e. The first-order chi connectivity index (χ1) is 9.45. The molecule has 2 rings (SSSR count). The third-order valence-electron chi connectivity index (χ3n) is 3.78. The van der Waals surface area contributed by atoms with Crippen molar-refractivity contribution in [3.63, 3.8) is 0 Å². The lowest BCUT2D eigenvalue weighted by atomic mass is 9.91. The zero-order chi connectivity index (χ0) is 14.6. The van der Waals surface area contributed by atoms with Crippen LogP contribution in [-0.2, 0) is 6.42 Å². The number of nitrogens with zero attached hydrogens (tertiary/aromatic N) is 1. The Morgan fingerprint density at radius 2 is 1.95 bits per heavy atom. The molecule has 0 spiro atoms. The zero-order valence-electron chi connectivity index (χ0n) is 11.3. The van der Waals surface area contributed by atoms with E-state index in [2.05, 4.69) is 0 Å². The Bertz CT molecular complexity index is 407. The molecule has 1 saturated heterocycles. The van der Waals surface area contributed by atoms with Crippen LogP contribution in [-0.4, -0.2) is 41.9 Å². The molecule has 1 heterocycles. The summed E-state index contributed by atoms with van der Waals surface area (Å²) in [5, 5.41) is 9.15. The van der Waals surface area contributed by atoms with Crippen LogP contribution in [0.15, 0.2) is 30.3 Å². The molecule has 0 amide bonds. The van der Waals surface area contributed by atoms with E-state index >= 15 is 0 Å². The predicted molar refractivity (Wildman–Crippen MR) is 71.4 cm³/mol. The summed E-state index contributed by atoms with van der Waals surface area (Å²) in [5.41, 5.74) is 1.22. The van der Waals surface area contributed by atoms with Crippen LogP contribution in [0.5, 0.6) is 0 Å². The van der Waals surface area contributed by atoms with Crippen molar-refractivity contribution >= 4 is 0 Å². The molecule has 20 heavy (non-hydrogen) atoms.